The molecule has 5 heteroatoms. The van der Waals surface area contributed by atoms with Gasteiger partial charge in [0.2, 0.25) is 0 Å². The van der Waals surface area contributed by atoms with E-state index in [4.69, 9.17) is 9.57 Å². The summed E-state index contributed by atoms with van der Waals surface area (Å²) in [7, 11) is 0. The molecule has 0 radical (unpaired) electrons. The fraction of sp³-hybridized carbons (Fsp3) is 0.909. The second kappa shape index (κ2) is 9.04. The van der Waals surface area contributed by atoms with Crippen molar-refractivity contribution in [3.63, 3.8) is 0 Å². The van der Waals surface area contributed by atoms with Gasteiger partial charge in [0.1, 0.15) is 5.60 Å². The van der Waals surface area contributed by atoms with E-state index in [0.717, 1.165) is 12.8 Å². The van der Waals surface area contributed by atoms with Crippen molar-refractivity contribution >= 4 is 28.7 Å². The van der Waals surface area contributed by atoms with Crippen molar-refractivity contribution in [3.05, 3.63) is 0 Å². The largest absolute Gasteiger partial charge is 0.442 e. The summed E-state index contributed by atoms with van der Waals surface area (Å²) in [4.78, 5) is 16.1. The summed E-state index contributed by atoms with van der Waals surface area (Å²) >= 11 is 2.37. The first-order valence-corrected chi connectivity index (χ1v) is 7.15. The molecule has 0 aromatic rings. The van der Waals surface area contributed by atoms with Crippen LogP contribution in [0, 0.1) is 0 Å². The molecule has 0 unspecified atom stereocenters. The molecule has 0 aliphatic heterocycles. The molecule has 0 aromatic carbocycles. The molecule has 0 saturated heterocycles. The van der Waals surface area contributed by atoms with E-state index < -0.39 is 11.7 Å². The highest BCUT2D eigenvalue weighted by Crippen LogP contribution is 2.06. The van der Waals surface area contributed by atoms with Crippen molar-refractivity contribution in [2.24, 2.45) is 0 Å². The minimum atomic E-state index is -0.528. The van der Waals surface area contributed by atoms with Crippen LogP contribution in [0.3, 0.4) is 0 Å². The van der Waals surface area contributed by atoms with Gasteiger partial charge in [-0.1, -0.05) is 35.4 Å². The van der Waals surface area contributed by atoms with E-state index in [-0.39, 0.29) is 0 Å². The molecule has 0 fully saturated rings. The van der Waals surface area contributed by atoms with E-state index in [1.54, 1.807) is 0 Å². The maximum absolute atomic E-state index is 11.1. The Morgan fingerprint density at radius 1 is 1.19 bits per heavy atom. The maximum Gasteiger partial charge on any atom is 0.431 e. The monoisotopic (exact) mass is 343 g/mol. The van der Waals surface area contributed by atoms with Crippen molar-refractivity contribution in [1.82, 2.24) is 5.48 Å². The van der Waals surface area contributed by atoms with Crippen LogP contribution in [0.1, 0.15) is 46.5 Å². The van der Waals surface area contributed by atoms with Gasteiger partial charge in [-0.05, 0) is 38.0 Å². The lowest BCUT2D eigenvalue weighted by Crippen LogP contribution is -2.32. The molecule has 1 N–H and O–H groups in total. The number of carbonyl (C=O) groups excluding carboxylic acids is 1. The third-order valence-corrected chi connectivity index (χ3v) is 2.45. The molecular formula is C11H22INO3. The fourth-order valence-electron chi connectivity index (χ4n) is 1.03. The van der Waals surface area contributed by atoms with Crippen molar-refractivity contribution in [1.29, 1.82) is 0 Å². The number of alkyl halides is 1. The molecule has 0 aliphatic carbocycles. The van der Waals surface area contributed by atoms with Crippen LogP contribution in [-0.4, -0.2) is 22.7 Å². The van der Waals surface area contributed by atoms with Crippen molar-refractivity contribution < 1.29 is 14.4 Å². The number of unbranched alkanes of at least 4 members (excludes halogenated alkanes) is 3. The number of ether oxygens (including phenoxy) is 1. The summed E-state index contributed by atoms with van der Waals surface area (Å²) in [6.45, 7) is 5.99. The van der Waals surface area contributed by atoms with Gasteiger partial charge in [-0.15, -0.1) is 0 Å². The molecule has 0 saturated carbocycles. The van der Waals surface area contributed by atoms with E-state index in [0.29, 0.717) is 6.61 Å². The smallest absolute Gasteiger partial charge is 0.431 e. The molecule has 16 heavy (non-hydrogen) atoms. The van der Waals surface area contributed by atoms with Crippen LogP contribution in [0.5, 0.6) is 0 Å². The van der Waals surface area contributed by atoms with E-state index in [2.05, 4.69) is 28.1 Å². The summed E-state index contributed by atoms with van der Waals surface area (Å²) in [5, 5.41) is 0. The molecule has 0 heterocycles. The third kappa shape index (κ3) is 12.0. The molecule has 4 nitrogen and oxygen atoms in total. The quantitative estimate of drug-likeness (QED) is 0.333. The van der Waals surface area contributed by atoms with Crippen LogP contribution in [0.4, 0.5) is 4.79 Å². The zero-order valence-corrected chi connectivity index (χ0v) is 12.5. The summed E-state index contributed by atoms with van der Waals surface area (Å²) in [6, 6.07) is 0. The highest BCUT2D eigenvalue weighted by Gasteiger charge is 2.15. The first-order valence-electron chi connectivity index (χ1n) is 5.62. The summed E-state index contributed by atoms with van der Waals surface area (Å²) in [5.74, 6) is 0. The number of halogens is 1. The van der Waals surface area contributed by atoms with E-state index in [1.807, 2.05) is 20.8 Å². The van der Waals surface area contributed by atoms with Gasteiger partial charge < -0.3 is 4.74 Å². The van der Waals surface area contributed by atoms with Crippen LogP contribution in [0.25, 0.3) is 0 Å². The Morgan fingerprint density at radius 2 is 1.81 bits per heavy atom. The second-order valence-electron chi connectivity index (χ2n) is 4.56. The molecular weight excluding hydrogens is 321 g/mol. The molecule has 96 valence electrons. The number of nitrogens with one attached hydrogen (secondary N) is 1. The Bertz CT molecular complexity index is 192. The summed E-state index contributed by atoms with van der Waals surface area (Å²) < 4.78 is 6.21. The zero-order valence-electron chi connectivity index (χ0n) is 10.3. The predicted molar refractivity (Wildman–Crippen MR) is 72.7 cm³/mol. The fourth-order valence-corrected chi connectivity index (χ4v) is 1.57. The van der Waals surface area contributed by atoms with Crippen LogP contribution in [0.2, 0.25) is 0 Å². The molecule has 1 amide bonds. The number of amides is 1. The summed E-state index contributed by atoms with van der Waals surface area (Å²) in [5.41, 5.74) is 1.79. The van der Waals surface area contributed by atoms with Gasteiger partial charge in [-0.3, -0.25) is 4.84 Å². The summed E-state index contributed by atoms with van der Waals surface area (Å²) in [6.07, 6.45) is 4.05. The normalized spacial score (nSPS) is 11.2. The number of hydroxylamine groups is 1. The van der Waals surface area contributed by atoms with Gasteiger partial charge in [-0.25, -0.2) is 4.79 Å². The standard InChI is InChI=1S/C11H22INO3/c1-11(2,3)16-10(14)13-15-9-7-5-4-6-8-12/h4-9H2,1-3H3,(H,13,14). The van der Waals surface area contributed by atoms with Gasteiger partial charge >= 0.3 is 6.09 Å². The number of hydrogen-bond donors (Lipinski definition) is 1. The highest BCUT2D eigenvalue weighted by atomic mass is 127. The van der Waals surface area contributed by atoms with E-state index in [9.17, 15) is 4.79 Å². The third-order valence-electron chi connectivity index (χ3n) is 1.68. The lowest BCUT2D eigenvalue weighted by molar-refractivity contribution is -0.00858. The van der Waals surface area contributed by atoms with E-state index in [1.165, 1.54) is 17.3 Å². The number of rotatable bonds is 7. The van der Waals surface area contributed by atoms with Gasteiger partial charge in [0.25, 0.3) is 0 Å². The molecule has 0 atom stereocenters. The van der Waals surface area contributed by atoms with Crippen LogP contribution < -0.4 is 5.48 Å². The van der Waals surface area contributed by atoms with Crippen LogP contribution in [-0.2, 0) is 9.57 Å². The highest BCUT2D eigenvalue weighted by molar-refractivity contribution is 14.1. The Hall–Kier alpha value is -0.0400. The first kappa shape index (κ1) is 16.0. The predicted octanol–water partition coefficient (Wildman–Crippen LogP) is 3.44. The minimum Gasteiger partial charge on any atom is -0.442 e. The SMILES string of the molecule is CC(C)(C)OC(=O)NOCCCCCCI. The Kier molecular flexibility index (Phi) is 9.02. The van der Waals surface area contributed by atoms with Gasteiger partial charge in [0.05, 0.1) is 6.61 Å². The maximum atomic E-state index is 11.1. The van der Waals surface area contributed by atoms with Crippen molar-refractivity contribution in [3.8, 4) is 0 Å². The Labute approximate surface area is 112 Å². The average Bonchev–Trinajstić information content (AvgIpc) is 2.13. The lowest BCUT2D eigenvalue weighted by atomic mass is 10.2. The molecule has 0 spiro atoms. The zero-order chi connectivity index (χ0) is 12.4. The second-order valence-corrected chi connectivity index (χ2v) is 5.63. The lowest BCUT2D eigenvalue weighted by Gasteiger charge is -2.19. The van der Waals surface area contributed by atoms with Crippen molar-refractivity contribution in [2.75, 3.05) is 11.0 Å². The van der Waals surface area contributed by atoms with Crippen molar-refractivity contribution in [2.45, 2.75) is 52.1 Å². The number of hydrogen-bond acceptors (Lipinski definition) is 3. The molecule has 0 aliphatic rings. The van der Waals surface area contributed by atoms with Crippen LogP contribution in [0.15, 0.2) is 0 Å². The molecule has 0 aromatic heterocycles. The number of carbonyl (C=O) groups is 1. The van der Waals surface area contributed by atoms with Gasteiger partial charge in [0, 0.05) is 0 Å². The van der Waals surface area contributed by atoms with E-state index >= 15 is 0 Å². The van der Waals surface area contributed by atoms with Gasteiger partial charge in [-0.2, -0.15) is 5.48 Å². The first-order chi connectivity index (χ1) is 7.45. The van der Waals surface area contributed by atoms with Crippen LogP contribution >= 0.6 is 22.6 Å². The average molecular weight is 343 g/mol. The topological polar surface area (TPSA) is 47.6 Å². The van der Waals surface area contributed by atoms with Gasteiger partial charge in [0.15, 0.2) is 0 Å². The molecule has 0 rings (SSSR count). The Morgan fingerprint density at radius 3 is 2.38 bits per heavy atom. The molecule has 0 bridgehead atoms. The Balaban J connectivity index is 3.28. The minimum absolute atomic E-state index is 0.478.